The van der Waals surface area contributed by atoms with Crippen molar-refractivity contribution in [1.82, 2.24) is 5.32 Å². The van der Waals surface area contributed by atoms with Crippen LogP contribution in [0.2, 0.25) is 0 Å². The van der Waals surface area contributed by atoms with Crippen molar-refractivity contribution in [3.63, 3.8) is 0 Å². The van der Waals surface area contributed by atoms with E-state index in [0.29, 0.717) is 6.04 Å². The third-order valence-corrected chi connectivity index (χ3v) is 1.11. The topological polar surface area (TPSA) is 21.3 Å². The summed E-state index contributed by atoms with van der Waals surface area (Å²) >= 11 is 0. The summed E-state index contributed by atoms with van der Waals surface area (Å²) < 4.78 is 5.12. The van der Waals surface area contributed by atoms with E-state index >= 15 is 0 Å². The summed E-state index contributed by atoms with van der Waals surface area (Å²) in [7, 11) is 0. The van der Waals surface area contributed by atoms with E-state index in [0.717, 1.165) is 19.8 Å². The van der Waals surface area contributed by atoms with Gasteiger partial charge in [-0.3, -0.25) is 0 Å². The van der Waals surface area contributed by atoms with Crippen molar-refractivity contribution in [2.75, 3.05) is 19.8 Å². The molecule has 1 aliphatic rings. The highest BCUT2D eigenvalue weighted by Gasteiger charge is 2.04. The number of ether oxygens (including phenoxy) is 1. The average Bonchev–Trinajstić information content (AvgIpc) is 2.13. The molecule has 2 nitrogen and oxygen atoms in total. The second-order valence-corrected chi connectivity index (χ2v) is 1.93. The Bertz CT molecular complexity index is 51.5. The Hall–Kier alpha value is -0.0800. The zero-order chi connectivity index (χ0) is 9.11. The molecule has 0 aromatic heterocycles. The summed E-state index contributed by atoms with van der Waals surface area (Å²) in [6, 6.07) is 0.564. The largest absolute Gasteiger partial charge is 0.379 e. The van der Waals surface area contributed by atoms with Crippen LogP contribution in [0.1, 0.15) is 34.6 Å². The fraction of sp³-hybridized carbons (Fsp3) is 1.00. The molecule has 0 amide bonds. The Kier molecular flexibility index (Phi) is 15.4. The third-order valence-electron chi connectivity index (χ3n) is 1.11. The molecule has 1 rings (SSSR count). The highest BCUT2D eigenvalue weighted by molar-refractivity contribution is 4.62. The van der Waals surface area contributed by atoms with Gasteiger partial charge in [-0.05, 0) is 6.92 Å². The Balaban J connectivity index is 0. The number of nitrogens with one attached hydrogen (secondary N) is 1. The Labute approximate surface area is 71.3 Å². The van der Waals surface area contributed by atoms with Gasteiger partial charge in [0.05, 0.1) is 13.2 Å². The molecule has 1 N–H and O–H groups in total. The van der Waals surface area contributed by atoms with Gasteiger partial charge in [0, 0.05) is 12.6 Å². The lowest BCUT2D eigenvalue weighted by Gasteiger charge is -2.19. The minimum Gasteiger partial charge on any atom is -0.379 e. The van der Waals surface area contributed by atoms with E-state index < -0.39 is 0 Å². The molecule has 1 unspecified atom stereocenters. The average molecular weight is 161 g/mol. The van der Waals surface area contributed by atoms with Crippen LogP contribution in [-0.2, 0) is 4.74 Å². The lowest BCUT2D eigenvalue weighted by atomic mass is 10.3. The molecular weight excluding hydrogens is 138 g/mol. The molecule has 1 atom stereocenters. The molecule has 1 aliphatic heterocycles. The van der Waals surface area contributed by atoms with Crippen molar-refractivity contribution >= 4 is 0 Å². The van der Waals surface area contributed by atoms with Crippen LogP contribution in [0.4, 0.5) is 0 Å². The molecular formula is C9H23NO. The van der Waals surface area contributed by atoms with Gasteiger partial charge in [0.1, 0.15) is 0 Å². The van der Waals surface area contributed by atoms with Crippen LogP contribution in [0.25, 0.3) is 0 Å². The first-order valence-corrected chi connectivity index (χ1v) is 4.71. The predicted octanol–water partition coefficient (Wildman–Crippen LogP) is 2.05. The molecule has 0 aromatic rings. The normalized spacial score (nSPS) is 22.1. The molecule has 1 fully saturated rings. The first-order valence-electron chi connectivity index (χ1n) is 4.71. The number of hydrogen-bond acceptors (Lipinski definition) is 2. The van der Waals surface area contributed by atoms with E-state index in [1.54, 1.807) is 0 Å². The van der Waals surface area contributed by atoms with Crippen molar-refractivity contribution in [3.05, 3.63) is 0 Å². The van der Waals surface area contributed by atoms with Crippen LogP contribution < -0.4 is 5.32 Å². The molecule has 0 aliphatic carbocycles. The van der Waals surface area contributed by atoms with E-state index in [9.17, 15) is 0 Å². The van der Waals surface area contributed by atoms with E-state index in [4.69, 9.17) is 4.74 Å². The fourth-order valence-electron chi connectivity index (χ4n) is 0.697. The zero-order valence-electron chi connectivity index (χ0n) is 8.61. The monoisotopic (exact) mass is 161 g/mol. The van der Waals surface area contributed by atoms with E-state index in [1.165, 1.54) is 0 Å². The molecule has 0 bridgehead atoms. The second-order valence-electron chi connectivity index (χ2n) is 1.93. The van der Waals surface area contributed by atoms with Gasteiger partial charge in [-0.25, -0.2) is 0 Å². The maximum absolute atomic E-state index is 5.12. The van der Waals surface area contributed by atoms with Gasteiger partial charge in [-0.15, -0.1) is 0 Å². The van der Waals surface area contributed by atoms with E-state index in [1.807, 2.05) is 27.7 Å². The first-order chi connectivity index (χ1) is 5.39. The van der Waals surface area contributed by atoms with Crippen molar-refractivity contribution in [2.24, 2.45) is 0 Å². The molecule has 0 saturated carbocycles. The van der Waals surface area contributed by atoms with Crippen LogP contribution in [0, 0.1) is 0 Å². The summed E-state index contributed by atoms with van der Waals surface area (Å²) in [5.74, 6) is 0. The van der Waals surface area contributed by atoms with Crippen LogP contribution in [0.5, 0.6) is 0 Å². The molecule has 0 radical (unpaired) electrons. The van der Waals surface area contributed by atoms with Gasteiger partial charge in [-0.1, -0.05) is 27.7 Å². The third kappa shape index (κ3) is 9.92. The summed E-state index contributed by atoms with van der Waals surface area (Å²) in [6.07, 6.45) is 0. The molecule has 0 spiro atoms. The zero-order valence-corrected chi connectivity index (χ0v) is 8.61. The molecule has 11 heavy (non-hydrogen) atoms. The van der Waals surface area contributed by atoms with Gasteiger partial charge in [0.25, 0.3) is 0 Å². The Morgan fingerprint density at radius 3 is 1.91 bits per heavy atom. The number of rotatable bonds is 0. The van der Waals surface area contributed by atoms with Crippen LogP contribution in [-0.4, -0.2) is 25.8 Å². The standard InChI is InChI=1S/C5H11NO.2C2H6/c1-5-4-7-3-2-6-5;2*1-2/h5-6H,2-4H2,1H3;2*1-2H3. The van der Waals surface area contributed by atoms with Crippen molar-refractivity contribution in [3.8, 4) is 0 Å². The molecule has 1 heterocycles. The second kappa shape index (κ2) is 12.6. The molecule has 0 aromatic carbocycles. The molecule has 70 valence electrons. The minimum atomic E-state index is 0.564. The minimum absolute atomic E-state index is 0.564. The fourth-order valence-corrected chi connectivity index (χ4v) is 0.697. The van der Waals surface area contributed by atoms with Gasteiger partial charge >= 0.3 is 0 Å². The summed E-state index contributed by atoms with van der Waals surface area (Å²) in [5, 5.41) is 3.26. The lowest BCUT2D eigenvalue weighted by Crippen LogP contribution is -2.38. The van der Waals surface area contributed by atoms with Gasteiger partial charge in [0.2, 0.25) is 0 Å². The van der Waals surface area contributed by atoms with Crippen molar-refractivity contribution < 1.29 is 4.74 Å². The first kappa shape index (κ1) is 13.5. The van der Waals surface area contributed by atoms with E-state index in [-0.39, 0.29) is 0 Å². The smallest absolute Gasteiger partial charge is 0.0617 e. The lowest BCUT2D eigenvalue weighted by molar-refractivity contribution is 0.0824. The summed E-state index contributed by atoms with van der Waals surface area (Å²) in [5.41, 5.74) is 0. The van der Waals surface area contributed by atoms with Crippen LogP contribution >= 0.6 is 0 Å². The maximum atomic E-state index is 5.12. The quantitative estimate of drug-likeness (QED) is 0.587. The van der Waals surface area contributed by atoms with E-state index in [2.05, 4.69) is 12.2 Å². The van der Waals surface area contributed by atoms with Crippen molar-refractivity contribution in [1.29, 1.82) is 0 Å². The molecule has 1 saturated heterocycles. The van der Waals surface area contributed by atoms with Gasteiger partial charge < -0.3 is 10.1 Å². The maximum Gasteiger partial charge on any atom is 0.0617 e. The van der Waals surface area contributed by atoms with Crippen LogP contribution in [0.15, 0.2) is 0 Å². The van der Waals surface area contributed by atoms with Gasteiger partial charge in [-0.2, -0.15) is 0 Å². The SMILES string of the molecule is CC.CC.CC1COCCN1. The Morgan fingerprint density at radius 1 is 1.18 bits per heavy atom. The molecule has 2 heteroatoms. The highest BCUT2D eigenvalue weighted by atomic mass is 16.5. The van der Waals surface area contributed by atoms with Crippen LogP contribution in [0.3, 0.4) is 0 Å². The number of hydrogen-bond donors (Lipinski definition) is 1. The number of morpholine rings is 1. The Morgan fingerprint density at radius 2 is 1.73 bits per heavy atom. The predicted molar refractivity (Wildman–Crippen MR) is 51.0 cm³/mol. The van der Waals surface area contributed by atoms with Gasteiger partial charge in [0.15, 0.2) is 0 Å². The summed E-state index contributed by atoms with van der Waals surface area (Å²) in [6.45, 7) is 12.9. The highest BCUT2D eigenvalue weighted by Crippen LogP contribution is 1.88. The summed E-state index contributed by atoms with van der Waals surface area (Å²) in [4.78, 5) is 0. The van der Waals surface area contributed by atoms with Crippen molar-refractivity contribution in [2.45, 2.75) is 40.7 Å².